The summed E-state index contributed by atoms with van der Waals surface area (Å²) < 4.78 is 5.48. The van der Waals surface area contributed by atoms with Crippen LogP contribution in [-0.4, -0.2) is 36.1 Å². The predicted molar refractivity (Wildman–Crippen MR) is 62.8 cm³/mol. The first-order valence-electron chi connectivity index (χ1n) is 6.12. The second-order valence-corrected chi connectivity index (χ2v) is 4.85. The van der Waals surface area contributed by atoms with Gasteiger partial charge in [-0.1, -0.05) is 6.07 Å². The highest BCUT2D eigenvalue weighted by Crippen LogP contribution is 2.26. The quantitative estimate of drug-likeness (QED) is 0.774. The summed E-state index contributed by atoms with van der Waals surface area (Å²) in [6.45, 7) is 1.45. The first-order valence-corrected chi connectivity index (χ1v) is 6.12. The van der Waals surface area contributed by atoms with Crippen LogP contribution < -0.4 is 5.32 Å². The van der Waals surface area contributed by atoms with Crippen LogP contribution in [0.15, 0.2) is 24.4 Å². The zero-order valence-corrected chi connectivity index (χ0v) is 9.63. The number of nitrogens with zero attached hydrogens (tertiary/aromatic N) is 1. The highest BCUT2D eigenvalue weighted by atomic mass is 16.5. The number of carbonyl (C=O) groups is 1. The van der Waals surface area contributed by atoms with E-state index in [4.69, 9.17) is 4.74 Å². The molecule has 17 heavy (non-hydrogen) atoms. The van der Waals surface area contributed by atoms with Gasteiger partial charge >= 0.3 is 0 Å². The van der Waals surface area contributed by atoms with Crippen LogP contribution in [0.4, 0.5) is 0 Å². The van der Waals surface area contributed by atoms with E-state index in [-0.39, 0.29) is 11.7 Å². The Morgan fingerprint density at radius 3 is 2.71 bits per heavy atom. The van der Waals surface area contributed by atoms with Gasteiger partial charge in [0.2, 0.25) is 0 Å². The number of hydrogen-bond donors (Lipinski definition) is 1. The molecule has 3 heterocycles. The van der Waals surface area contributed by atoms with Crippen molar-refractivity contribution in [2.45, 2.75) is 24.9 Å². The van der Waals surface area contributed by atoms with Crippen molar-refractivity contribution in [1.82, 2.24) is 10.3 Å². The standard InChI is InChI=1S/C13H16N2O2/c16-13(12-3-1-2-4-14-12)9-5-10-7-17-8-11(6-9)15-10/h1-4,9-11,15H,5-8H2. The fourth-order valence-corrected chi connectivity index (χ4v) is 2.77. The van der Waals surface area contributed by atoms with Crippen molar-refractivity contribution in [3.8, 4) is 0 Å². The summed E-state index contributed by atoms with van der Waals surface area (Å²) in [4.78, 5) is 16.4. The molecule has 4 nitrogen and oxygen atoms in total. The molecule has 0 radical (unpaired) electrons. The number of pyridine rings is 1. The van der Waals surface area contributed by atoms with Crippen LogP contribution in [-0.2, 0) is 4.74 Å². The number of Topliss-reactive ketones (excluding diaryl/α,β-unsaturated/α-hetero) is 1. The van der Waals surface area contributed by atoms with E-state index in [1.807, 2.05) is 12.1 Å². The van der Waals surface area contributed by atoms with Crippen molar-refractivity contribution in [3.05, 3.63) is 30.1 Å². The number of aromatic nitrogens is 1. The van der Waals surface area contributed by atoms with Crippen LogP contribution in [0.3, 0.4) is 0 Å². The molecule has 1 N–H and O–H groups in total. The maximum atomic E-state index is 12.3. The molecule has 2 bridgehead atoms. The maximum absolute atomic E-state index is 12.3. The fourth-order valence-electron chi connectivity index (χ4n) is 2.77. The van der Waals surface area contributed by atoms with E-state index in [0.29, 0.717) is 17.8 Å². The molecular weight excluding hydrogens is 216 g/mol. The highest BCUT2D eigenvalue weighted by molar-refractivity contribution is 5.96. The second-order valence-electron chi connectivity index (χ2n) is 4.85. The van der Waals surface area contributed by atoms with Crippen molar-refractivity contribution < 1.29 is 9.53 Å². The molecule has 4 heteroatoms. The molecule has 2 saturated heterocycles. The Bertz CT molecular complexity index is 395. The van der Waals surface area contributed by atoms with E-state index in [1.54, 1.807) is 12.3 Å². The Morgan fingerprint density at radius 2 is 2.06 bits per heavy atom. The summed E-state index contributed by atoms with van der Waals surface area (Å²) in [6.07, 6.45) is 3.41. The minimum absolute atomic E-state index is 0.102. The van der Waals surface area contributed by atoms with E-state index < -0.39 is 0 Å². The number of hydrogen-bond acceptors (Lipinski definition) is 4. The monoisotopic (exact) mass is 232 g/mol. The van der Waals surface area contributed by atoms with E-state index in [1.165, 1.54) is 0 Å². The lowest BCUT2D eigenvalue weighted by molar-refractivity contribution is 0.00943. The molecular formula is C13H16N2O2. The molecule has 0 spiro atoms. The van der Waals surface area contributed by atoms with Gasteiger partial charge in [-0.15, -0.1) is 0 Å². The van der Waals surface area contributed by atoms with Gasteiger partial charge in [0, 0.05) is 24.2 Å². The van der Waals surface area contributed by atoms with Gasteiger partial charge in [0.15, 0.2) is 5.78 Å². The van der Waals surface area contributed by atoms with E-state index in [9.17, 15) is 4.79 Å². The third kappa shape index (κ3) is 2.23. The molecule has 0 saturated carbocycles. The summed E-state index contributed by atoms with van der Waals surface area (Å²) in [5.74, 6) is 0.286. The lowest BCUT2D eigenvalue weighted by atomic mass is 9.83. The van der Waals surface area contributed by atoms with Gasteiger partial charge in [-0.2, -0.15) is 0 Å². The molecule has 2 unspecified atom stereocenters. The Kier molecular flexibility index (Phi) is 2.91. The van der Waals surface area contributed by atoms with Crippen molar-refractivity contribution in [2.75, 3.05) is 13.2 Å². The normalized spacial score (nSPS) is 32.1. The summed E-state index contributed by atoms with van der Waals surface area (Å²) in [5, 5.41) is 3.49. The molecule has 3 rings (SSSR count). The minimum atomic E-state index is 0.102. The minimum Gasteiger partial charge on any atom is -0.378 e. The molecule has 1 aromatic heterocycles. The maximum Gasteiger partial charge on any atom is 0.184 e. The lowest BCUT2D eigenvalue weighted by Crippen LogP contribution is -2.55. The van der Waals surface area contributed by atoms with Crippen LogP contribution in [0, 0.1) is 5.92 Å². The van der Waals surface area contributed by atoms with E-state index in [2.05, 4.69) is 10.3 Å². The van der Waals surface area contributed by atoms with Gasteiger partial charge in [-0.05, 0) is 25.0 Å². The second kappa shape index (κ2) is 4.55. The average Bonchev–Trinajstić information content (AvgIpc) is 2.38. The van der Waals surface area contributed by atoms with Gasteiger partial charge in [0.05, 0.1) is 13.2 Å². The van der Waals surface area contributed by atoms with E-state index in [0.717, 1.165) is 26.1 Å². The number of rotatable bonds is 2. The summed E-state index contributed by atoms with van der Waals surface area (Å²) in [7, 11) is 0. The highest BCUT2D eigenvalue weighted by Gasteiger charge is 2.35. The lowest BCUT2D eigenvalue weighted by Gasteiger charge is -2.39. The Morgan fingerprint density at radius 1 is 1.29 bits per heavy atom. The first-order chi connectivity index (χ1) is 8.33. The van der Waals surface area contributed by atoms with Crippen LogP contribution in [0.1, 0.15) is 23.3 Å². The van der Waals surface area contributed by atoms with Crippen molar-refractivity contribution in [3.63, 3.8) is 0 Å². The van der Waals surface area contributed by atoms with Crippen LogP contribution in [0.5, 0.6) is 0 Å². The summed E-state index contributed by atoms with van der Waals surface area (Å²) in [6, 6.07) is 6.17. The smallest absolute Gasteiger partial charge is 0.184 e. The largest absolute Gasteiger partial charge is 0.378 e. The van der Waals surface area contributed by atoms with Crippen LogP contribution in [0.25, 0.3) is 0 Å². The number of ketones is 1. The topological polar surface area (TPSA) is 51.2 Å². The Hall–Kier alpha value is -1.26. The third-order valence-electron chi connectivity index (χ3n) is 3.54. The summed E-state index contributed by atoms with van der Waals surface area (Å²) in [5.41, 5.74) is 0.596. The van der Waals surface area contributed by atoms with E-state index >= 15 is 0 Å². The number of ether oxygens (including phenoxy) is 1. The van der Waals surface area contributed by atoms with Gasteiger partial charge in [0.25, 0.3) is 0 Å². The Balaban J connectivity index is 1.74. The van der Waals surface area contributed by atoms with Crippen molar-refractivity contribution >= 4 is 5.78 Å². The number of fused-ring (bicyclic) bond motifs is 2. The molecule has 2 aliphatic heterocycles. The number of carbonyl (C=O) groups excluding carboxylic acids is 1. The molecule has 90 valence electrons. The number of morpholine rings is 1. The predicted octanol–water partition coefficient (Wildman–Crippen LogP) is 1.03. The molecule has 2 atom stereocenters. The van der Waals surface area contributed by atoms with Gasteiger partial charge < -0.3 is 10.1 Å². The molecule has 1 aromatic rings. The zero-order valence-electron chi connectivity index (χ0n) is 9.63. The first kappa shape index (κ1) is 10.9. The molecule has 0 aromatic carbocycles. The molecule has 2 fully saturated rings. The zero-order chi connectivity index (χ0) is 11.7. The number of nitrogens with one attached hydrogen (secondary N) is 1. The summed E-state index contributed by atoms with van der Waals surface area (Å²) >= 11 is 0. The van der Waals surface area contributed by atoms with Gasteiger partial charge in [-0.25, -0.2) is 0 Å². The third-order valence-corrected chi connectivity index (χ3v) is 3.54. The van der Waals surface area contributed by atoms with Crippen molar-refractivity contribution in [1.29, 1.82) is 0 Å². The van der Waals surface area contributed by atoms with Gasteiger partial charge in [0.1, 0.15) is 5.69 Å². The Labute approximate surface area is 100 Å². The SMILES string of the molecule is O=C(c1ccccn1)C1CC2COCC(C1)N2. The number of piperidine rings is 1. The molecule has 0 aliphatic carbocycles. The van der Waals surface area contributed by atoms with Gasteiger partial charge in [-0.3, -0.25) is 9.78 Å². The average molecular weight is 232 g/mol. The molecule has 0 amide bonds. The van der Waals surface area contributed by atoms with Crippen LogP contribution in [0.2, 0.25) is 0 Å². The molecule has 2 aliphatic rings. The fraction of sp³-hybridized carbons (Fsp3) is 0.538. The van der Waals surface area contributed by atoms with Crippen LogP contribution >= 0.6 is 0 Å². The van der Waals surface area contributed by atoms with Crippen molar-refractivity contribution in [2.24, 2.45) is 5.92 Å².